The maximum Gasteiger partial charge on any atom is 0.387 e. The van der Waals surface area contributed by atoms with Gasteiger partial charge in [-0.1, -0.05) is 23.2 Å². The Kier molecular flexibility index (Phi) is 6.53. The lowest BCUT2D eigenvalue weighted by Crippen LogP contribution is -2.24. The van der Waals surface area contributed by atoms with Gasteiger partial charge in [0, 0.05) is 11.8 Å². The first kappa shape index (κ1) is 20.6. The number of nitrogens with one attached hydrogen (secondary N) is 1. The number of rotatable bonds is 7. The summed E-state index contributed by atoms with van der Waals surface area (Å²) in [6.07, 6.45) is 3.19. The van der Waals surface area contributed by atoms with Crippen LogP contribution in [0.5, 0.6) is 11.5 Å². The van der Waals surface area contributed by atoms with Crippen LogP contribution in [0.15, 0.2) is 45.0 Å². The molecule has 2 N–H and O–H groups in total. The normalized spacial score (nSPS) is 19.4. The number of hydrogen-bond acceptors (Lipinski definition) is 5. The number of hydrogen-bond donors (Lipinski definition) is 2. The first-order valence-corrected chi connectivity index (χ1v) is 9.11. The Hall–Kier alpha value is -2.16. The molecule has 0 aromatic heterocycles. The molecule has 3 rings (SSSR count). The molecule has 1 atom stereocenters. The average Bonchev–Trinajstić information content (AvgIpc) is 3.47. The van der Waals surface area contributed by atoms with E-state index in [1.54, 1.807) is 0 Å². The summed E-state index contributed by atoms with van der Waals surface area (Å²) in [6, 6.07) is 3.85. The lowest BCUT2D eigenvalue weighted by atomic mass is 10.1. The van der Waals surface area contributed by atoms with E-state index in [9.17, 15) is 18.7 Å². The van der Waals surface area contributed by atoms with E-state index < -0.39 is 18.7 Å². The fourth-order valence-electron chi connectivity index (χ4n) is 2.33. The lowest BCUT2D eigenvalue weighted by molar-refractivity contribution is -0.0515. The number of halogens is 4. The van der Waals surface area contributed by atoms with E-state index in [0.717, 1.165) is 19.1 Å². The minimum Gasteiger partial charge on any atom is -0.489 e. The van der Waals surface area contributed by atoms with Gasteiger partial charge in [0.1, 0.15) is 0 Å². The number of aliphatic hydroxyl groups is 1. The number of carbonyl (C=O) groups is 1. The van der Waals surface area contributed by atoms with Crippen molar-refractivity contribution in [2.75, 3.05) is 6.61 Å². The fourth-order valence-corrected chi connectivity index (χ4v) is 2.85. The van der Waals surface area contributed by atoms with Crippen molar-refractivity contribution in [3.63, 3.8) is 0 Å². The third-order valence-electron chi connectivity index (χ3n) is 3.95. The van der Waals surface area contributed by atoms with Crippen LogP contribution in [0.3, 0.4) is 0 Å². The quantitative estimate of drug-likeness (QED) is 0.686. The minimum absolute atomic E-state index is 0.00575. The average molecular weight is 433 g/mol. The molecule has 1 fully saturated rings. The molecular formula is C18H16Cl2F2N2O4. The zero-order valence-corrected chi connectivity index (χ0v) is 15.9. The molecule has 0 bridgehead atoms. The smallest absolute Gasteiger partial charge is 0.387 e. The molecule has 1 amide bonds. The molecule has 10 heteroatoms. The highest BCUT2D eigenvalue weighted by Crippen LogP contribution is 2.34. The Bertz CT molecular complexity index is 854. The molecule has 1 aliphatic heterocycles. The van der Waals surface area contributed by atoms with E-state index >= 15 is 0 Å². The van der Waals surface area contributed by atoms with Gasteiger partial charge in [-0.15, -0.1) is 0 Å². The summed E-state index contributed by atoms with van der Waals surface area (Å²) in [5, 5.41) is 12.1. The van der Waals surface area contributed by atoms with Crippen molar-refractivity contribution in [2.24, 2.45) is 10.9 Å². The predicted molar refractivity (Wildman–Crippen MR) is 100 cm³/mol. The van der Waals surface area contributed by atoms with Gasteiger partial charge in [-0.2, -0.15) is 8.78 Å². The number of carbonyl (C=O) groups excluding carboxylic acids is 1. The molecule has 1 unspecified atom stereocenters. The van der Waals surface area contributed by atoms with E-state index in [4.69, 9.17) is 27.9 Å². The Balaban J connectivity index is 1.81. The molecule has 0 radical (unpaired) electrons. The van der Waals surface area contributed by atoms with Crippen molar-refractivity contribution in [1.82, 2.24) is 5.32 Å². The van der Waals surface area contributed by atoms with Crippen molar-refractivity contribution < 1.29 is 28.2 Å². The van der Waals surface area contributed by atoms with Crippen molar-refractivity contribution in [3.8, 4) is 11.5 Å². The van der Waals surface area contributed by atoms with Crippen molar-refractivity contribution in [3.05, 3.63) is 45.6 Å². The number of aliphatic hydroxyl groups excluding tert-OH is 1. The van der Waals surface area contributed by atoms with Gasteiger partial charge >= 0.3 is 6.61 Å². The third-order valence-corrected chi connectivity index (χ3v) is 4.55. The standard InChI is InChI=1S/C18H16Cl2F2N2O4/c19-11-6-15(25)23-7-12(20)16(11)24-17(26)10-3-4-13(28-18(21)22)14(5-10)27-8-9-1-2-9/h3-7,9,15,18,25H,1-2,8H2,(H,24,26). The number of nitrogens with zero attached hydrogens (tertiary/aromatic N) is 1. The summed E-state index contributed by atoms with van der Waals surface area (Å²) in [5.74, 6) is -0.350. The van der Waals surface area contributed by atoms with Gasteiger partial charge in [-0.25, -0.2) is 0 Å². The van der Waals surface area contributed by atoms with Crippen LogP contribution in [-0.4, -0.2) is 36.7 Å². The molecule has 1 heterocycles. The van der Waals surface area contributed by atoms with Gasteiger partial charge in [0.25, 0.3) is 5.91 Å². The molecule has 0 spiro atoms. The van der Waals surface area contributed by atoms with E-state index in [-0.39, 0.29) is 32.8 Å². The highest BCUT2D eigenvalue weighted by molar-refractivity contribution is 6.42. The van der Waals surface area contributed by atoms with Gasteiger partial charge in [0.2, 0.25) is 0 Å². The van der Waals surface area contributed by atoms with Crippen molar-refractivity contribution in [1.29, 1.82) is 0 Å². The molecule has 1 aromatic rings. The van der Waals surface area contributed by atoms with Crippen LogP contribution in [0.2, 0.25) is 0 Å². The van der Waals surface area contributed by atoms with Crippen LogP contribution < -0.4 is 14.8 Å². The van der Waals surface area contributed by atoms with E-state index in [1.165, 1.54) is 24.3 Å². The fraction of sp³-hybridized carbons (Fsp3) is 0.333. The second-order valence-corrected chi connectivity index (χ2v) is 6.99. The maximum atomic E-state index is 12.6. The molecule has 6 nitrogen and oxygen atoms in total. The van der Waals surface area contributed by atoms with Crippen LogP contribution in [0.1, 0.15) is 23.2 Å². The Morgan fingerprint density at radius 2 is 2.07 bits per heavy atom. The molecule has 1 saturated carbocycles. The van der Waals surface area contributed by atoms with Crippen LogP contribution in [0.4, 0.5) is 8.78 Å². The highest BCUT2D eigenvalue weighted by atomic mass is 35.5. The first-order valence-electron chi connectivity index (χ1n) is 8.35. The number of amides is 1. The largest absolute Gasteiger partial charge is 0.489 e. The topological polar surface area (TPSA) is 80.2 Å². The van der Waals surface area contributed by atoms with Gasteiger partial charge in [-0.05, 0) is 43.0 Å². The predicted octanol–water partition coefficient (Wildman–Crippen LogP) is 3.78. The van der Waals surface area contributed by atoms with Gasteiger partial charge in [-0.3, -0.25) is 9.79 Å². The first-order chi connectivity index (χ1) is 13.3. The molecule has 0 saturated heterocycles. The SMILES string of the molecule is O=C(NC1=C(Cl)C=NC(O)C=C1Cl)c1ccc(OC(F)F)c(OCC2CC2)c1. The number of benzene rings is 1. The Morgan fingerprint density at radius 1 is 1.32 bits per heavy atom. The monoisotopic (exact) mass is 432 g/mol. The summed E-state index contributed by atoms with van der Waals surface area (Å²) in [6.45, 7) is -2.67. The van der Waals surface area contributed by atoms with E-state index in [1.807, 2.05) is 0 Å². The summed E-state index contributed by atoms with van der Waals surface area (Å²) in [5.41, 5.74) is 0.178. The van der Waals surface area contributed by atoms with Crippen LogP contribution in [0.25, 0.3) is 0 Å². The van der Waals surface area contributed by atoms with Crippen LogP contribution in [-0.2, 0) is 0 Å². The van der Waals surface area contributed by atoms with E-state index in [0.29, 0.717) is 12.5 Å². The summed E-state index contributed by atoms with van der Waals surface area (Å²) < 4.78 is 35.2. The lowest BCUT2D eigenvalue weighted by Gasteiger charge is -2.14. The maximum absolute atomic E-state index is 12.6. The summed E-state index contributed by atoms with van der Waals surface area (Å²) in [7, 11) is 0. The van der Waals surface area contributed by atoms with Gasteiger partial charge in [0.15, 0.2) is 17.7 Å². The summed E-state index contributed by atoms with van der Waals surface area (Å²) >= 11 is 12.1. The number of ether oxygens (including phenoxy) is 2. The molecule has 2 aliphatic rings. The van der Waals surface area contributed by atoms with Gasteiger partial charge in [0.05, 0.1) is 22.4 Å². The molecule has 1 aromatic carbocycles. The third kappa shape index (κ3) is 5.43. The van der Waals surface area contributed by atoms with E-state index in [2.05, 4.69) is 15.0 Å². The van der Waals surface area contributed by atoms with Gasteiger partial charge < -0.3 is 19.9 Å². The second-order valence-electron chi connectivity index (χ2n) is 6.18. The molecule has 28 heavy (non-hydrogen) atoms. The second kappa shape index (κ2) is 8.89. The highest BCUT2D eigenvalue weighted by Gasteiger charge is 2.24. The molecule has 150 valence electrons. The minimum atomic E-state index is -3.02. The number of alkyl halides is 2. The van der Waals surface area contributed by atoms with Crippen LogP contribution >= 0.6 is 23.2 Å². The zero-order chi connectivity index (χ0) is 20.3. The number of allylic oxidation sites excluding steroid dienone is 2. The Morgan fingerprint density at radius 3 is 2.75 bits per heavy atom. The summed E-state index contributed by atoms with van der Waals surface area (Å²) in [4.78, 5) is 16.3. The molecular weight excluding hydrogens is 417 g/mol. The number of aliphatic imine (C=N–C) groups is 1. The Labute approximate surface area is 169 Å². The van der Waals surface area contributed by atoms with Crippen molar-refractivity contribution in [2.45, 2.75) is 25.7 Å². The van der Waals surface area contributed by atoms with Crippen LogP contribution in [0, 0.1) is 5.92 Å². The van der Waals surface area contributed by atoms with Crippen molar-refractivity contribution >= 4 is 35.3 Å². The molecule has 1 aliphatic carbocycles. The zero-order valence-electron chi connectivity index (χ0n) is 14.4.